The molecule has 0 aromatic heterocycles. The van der Waals surface area contributed by atoms with Crippen LogP contribution in [0.25, 0.3) is 0 Å². The monoisotopic (exact) mass is 341 g/mol. The number of benzene rings is 1. The van der Waals surface area contributed by atoms with Crippen LogP contribution in [0.2, 0.25) is 0 Å². The van der Waals surface area contributed by atoms with Crippen molar-refractivity contribution in [2.75, 3.05) is 0 Å². The summed E-state index contributed by atoms with van der Waals surface area (Å²) in [6, 6.07) is 6.08. The lowest BCUT2D eigenvalue weighted by Gasteiger charge is -2.15. The van der Waals surface area contributed by atoms with Crippen LogP contribution in [0.4, 0.5) is 0 Å². The van der Waals surface area contributed by atoms with Gasteiger partial charge in [-0.2, -0.15) is 8.42 Å². The molecular weight excluding hydrogens is 310 g/mol. The topological polar surface area (TPSA) is 80.4 Å². The maximum Gasteiger partial charge on any atom is 0.294 e. The van der Waals surface area contributed by atoms with Gasteiger partial charge in [-0.3, -0.25) is 4.55 Å². The highest BCUT2D eigenvalue weighted by Crippen LogP contribution is 2.24. The molecule has 0 bridgehead atoms. The minimum Gasteiger partial charge on any atom is -0.324 e. The number of hydrogen-bond donors (Lipinski definition) is 2. The molecule has 1 atom stereocenters. The first-order valence-electron chi connectivity index (χ1n) is 8.78. The van der Waals surface area contributed by atoms with Crippen molar-refractivity contribution < 1.29 is 13.0 Å². The van der Waals surface area contributed by atoms with E-state index in [-0.39, 0.29) is 10.9 Å². The van der Waals surface area contributed by atoms with Gasteiger partial charge in [0.15, 0.2) is 0 Å². The fraction of sp³-hybridized carbons (Fsp3) is 0.667. The Kier molecular flexibility index (Phi) is 9.44. The van der Waals surface area contributed by atoms with E-state index in [1.54, 1.807) is 18.2 Å². The molecular formula is C18H31NO3S. The summed E-state index contributed by atoms with van der Waals surface area (Å²) in [5, 5.41) is 0. The van der Waals surface area contributed by atoms with Crippen LogP contribution in [0.5, 0.6) is 0 Å². The Morgan fingerprint density at radius 2 is 1.48 bits per heavy atom. The maximum atomic E-state index is 11.4. The van der Waals surface area contributed by atoms with Crippen LogP contribution in [-0.2, 0) is 10.1 Å². The summed E-state index contributed by atoms with van der Waals surface area (Å²) in [5.74, 6) is 0. The molecule has 1 aromatic rings. The van der Waals surface area contributed by atoms with Crippen LogP contribution in [0.1, 0.15) is 82.7 Å². The first-order chi connectivity index (χ1) is 11.0. The third kappa shape index (κ3) is 7.95. The highest BCUT2D eigenvalue weighted by molar-refractivity contribution is 7.85. The zero-order valence-electron chi connectivity index (χ0n) is 14.2. The van der Waals surface area contributed by atoms with Gasteiger partial charge >= 0.3 is 0 Å². The molecule has 3 N–H and O–H groups in total. The van der Waals surface area contributed by atoms with Crippen molar-refractivity contribution in [1.82, 2.24) is 0 Å². The summed E-state index contributed by atoms with van der Waals surface area (Å²) < 4.78 is 32.0. The predicted molar refractivity (Wildman–Crippen MR) is 95.0 cm³/mol. The van der Waals surface area contributed by atoms with Gasteiger partial charge in [-0.25, -0.2) is 0 Å². The molecule has 0 aliphatic carbocycles. The zero-order chi connectivity index (χ0) is 17.1. The van der Waals surface area contributed by atoms with Gasteiger partial charge in [-0.1, -0.05) is 82.9 Å². The molecule has 0 aliphatic heterocycles. The van der Waals surface area contributed by atoms with E-state index in [1.807, 2.05) is 0 Å². The van der Waals surface area contributed by atoms with E-state index in [4.69, 9.17) is 5.73 Å². The second kappa shape index (κ2) is 10.8. The van der Waals surface area contributed by atoms with Gasteiger partial charge in [0.2, 0.25) is 0 Å². The van der Waals surface area contributed by atoms with E-state index in [9.17, 15) is 13.0 Å². The molecule has 0 saturated carbocycles. The molecule has 5 heteroatoms. The van der Waals surface area contributed by atoms with Gasteiger partial charge in [0, 0.05) is 6.04 Å². The minimum atomic E-state index is -4.21. The molecule has 4 nitrogen and oxygen atoms in total. The van der Waals surface area contributed by atoms with Crippen molar-refractivity contribution >= 4 is 10.1 Å². The van der Waals surface area contributed by atoms with Crippen LogP contribution in [-0.4, -0.2) is 13.0 Å². The van der Waals surface area contributed by atoms with Gasteiger partial charge in [0.25, 0.3) is 10.1 Å². The summed E-state index contributed by atoms with van der Waals surface area (Å²) >= 11 is 0. The van der Waals surface area contributed by atoms with Crippen molar-refractivity contribution in [3.05, 3.63) is 29.8 Å². The van der Waals surface area contributed by atoms with Crippen molar-refractivity contribution in [3.63, 3.8) is 0 Å². The molecule has 132 valence electrons. The van der Waals surface area contributed by atoms with Crippen LogP contribution in [0.15, 0.2) is 29.2 Å². The third-order valence-corrected chi connectivity index (χ3v) is 5.14. The Labute approximate surface area is 141 Å². The third-order valence-electron chi connectivity index (χ3n) is 4.22. The summed E-state index contributed by atoms with van der Waals surface area (Å²) in [7, 11) is -4.21. The molecule has 0 spiro atoms. The highest BCUT2D eigenvalue weighted by atomic mass is 32.2. The summed E-state index contributed by atoms with van der Waals surface area (Å²) in [6.45, 7) is 2.23. The second-order valence-electron chi connectivity index (χ2n) is 6.24. The minimum absolute atomic E-state index is 0.0663. The first kappa shape index (κ1) is 20.1. The van der Waals surface area contributed by atoms with E-state index in [0.717, 1.165) is 19.3 Å². The molecule has 0 fully saturated rings. The first-order valence-corrected chi connectivity index (χ1v) is 10.2. The number of hydrogen-bond acceptors (Lipinski definition) is 3. The lowest BCUT2D eigenvalue weighted by molar-refractivity contribution is 0.478. The van der Waals surface area contributed by atoms with E-state index in [2.05, 4.69) is 6.92 Å². The number of rotatable bonds is 12. The lowest BCUT2D eigenvalue weighted by atomic mass is 10.00. The molecule has 0 saturated heterocycles. The maximum absolute atomic E-state index is 11.4. The molecule has 0 amide bonds. The van der Waals surface area contributed by atoms with Gasteiger partial charge < -0.3 is 5.73 Å². The fourth-order valence-electron chi connectivity index (χ4n) is 2.85. The molecule has 23 heavy (non-hydrogen) atoms. The molecule has 1 aromatic carbocycles. The number of unbranched alkanes of at least 4 members (excludes halogenated alkanes) is 8. The average Bonchev–Trinajstić information content (AvgIpc) is 2.52. The Hall–Kier alpha value is -0.910. The SMILES string of the molecule is CCCCCCCCCCCC(N)c1ccccc1S(=O)(=O)O. The van der Waals surface area contributed by atoms with Crippen LogP contribution < -0.4 is 5.73 Å². The normalized spacial score (nSPS) is 13.2. The summed E-state index contributed by atoms with van der Waals surface area (Å²) in [6.07, 6.45) is 11.9. The van der Waals surface area contributed by atoms with Gasteiger partial charge in [0.05, 0.1) is 4.90 Å². The largest absolute Gasteiger partial charge is 0.324 e. The smallest absolute Gasteiger partial charge is 0.294 e. The van der Waals surface area contributed by atoms with Crippen molar-refractivity contribution in [3.8, 4) is 0 Å². The quantitative estimate of drug-likeness (QED) is 0.420. The van der Waals surface area contributed by atoms with E-state index in [1.165, 1.54) is 51.0 Å². The second-order valence-corrected chi connectivity index (χ2v) is 7.63. The molecule has 0 heterocycles. The average molecular weight is 342 g/mol. The zero-order valence-corrected chi connectivity index (χ0v) is 15.0. The lowest BCUT2D eigenvalue weighted by Crippen LogP contribution is -2.14. The van der Waals surface area contributed by atoms with E-state index in [0.29, 0.717) is 5.56 Å². The van der Waals surface area contributed by atoms with E-state index >= 15 is 0 Å². The molecule has 1 unspecified atom stereocenters. The Bertz CT molecular complexity index is 543. The van der Waals surface area contributed by atoms with Crippen LogP contribution in [0.3, 0.4) is 0 Å². The highest BCUT2D eigenvalue weighted by Gasteiger charge is 2.18. The standard InChI is InChI=1S/C18H31NO3S/c1-2-3-4-5-6-7-8-9-10-14-17(19)16-13-11-12-15-18(16)23(20,21)22/h11-13,15,17H,2-10,14,19H2,1H3,(H,20,21,22). The Balaban J connectivity index is 2.29. The van der Waals surface area contributed by atoms with Crippen molar-refractivity contribution in [1.29, 1.82) is 0 Å². The Morgan fingerprint density at radius 1 is 0.957 bits per heavy atom. The van der Waals surface area contributed by atoms with Crippen molar-refractivity contribution in [2.45, 2.75) is 82.1 Å². The number of nitrogens with two attached hydrogens (primary N) is 1. The van der Waals surface area contributed by atoms with Gasteiger partial charge in [0.1, 0.15) is 0 Å². The van der Waals surface area contributed by atoms with E-state index < -0.39 is 10.1 Å². The van der Waals surface area contributed by atoms with Crippen LogP contribution >= 0.6 is 0 Å². The molecule has 0 radical (unpaired) electrons. The van der Waals surface area contributed by atoms with Crippen LogP contribution in [0, 0.1) is 0 Å². The van der Waals surface area contributed by atoms with Gasteiger partial charge in [-0.05, 0) is 18.1 Å². The van der Waals surface area contributed by atoms with Crippen molar-refractivity contribution in [2.24, 2.45) is 5.73 Å². The fourth-order valence-corrected chi connectivity index (χ4v) is 3.62. The molecule has 1 rings (SSSR count). The van der Waals surface area contributed by atoms with Gasteiger partial charge in [-0.15, -0.1) is 0 Å². The predicted octanol–water partition coefficient (Wildman–Crippen LogP) is 4.85. The Morgan fingerprint density at radius 3 is 2.04 bits per heavy atom. The summed E-state index contributed by atoms with van der Waals surface area (Å²) in [5.41, 5.74) is 6.62. The molecule has 0 aliphatic rings. The summed E-state index contributed by atoms with van der Waals surface area (Å²) in [4.78, 5) is -0.0663.